The van der Waals surface area contributed by atoms with Crippen LogP contribution >= 0.6 is 0 Å². The molecule has 2 saturated heterocycles. The monoisotopic (exact) mass is 979 g/mol. The molecule has 0 aromatic carbocycles. The van der Waals surface area contributed by atoms with Crippen molar-refractivity contribution in [2.45, 2.75) is 209 Å². The molecule has 8 fully saturated rings. The average molecular weight is 979 g/mol. The van der Waals surface area contributed by atoms with Crippen LogP contribution in [0, 0.1) is 86.8 Å². The normalized spacial score (nSPS) is 49.1. The topological polar surface area (TPSA) is 144 Å². The van der Waals surface area contributed by atoms with Crippen LogP contribution in [-0.4, -0.2) is 87.3 Å². The van der Waals surface area contributed by atoms with Crippen LogP contribution < -0.4 is 0 Å². The summed E-state index contributed by atoms with van der Waals surface area (Å²) in [6.07, 6.45) is 1.49. The minimum Gasteiger partial charge on any atom is -0.426 e. The number of rotatable bonds is 4. The van der Waals surface area contributed by atoms with E-state index in [1.54, 1.807) is 0 Å². The second-order valence-corrected chi connectivity index (χ2v) is 37.9. The number of aliphatic hydroxyl groups excluding tert-OH is 1. The second kappa shape index (κ2) is 14.7. The van der Waals surface area contributed by atoms with Gasteiger partial charge in [0.15, 0.2) is 51.6 Å². The van der Waals surface area contributed by atoms with Gasteiger partial charge < -0.3 is 32.9 Å². The largest absolute Gasteiger partial charge is 0.509 e. The molecular weight excluding hydrogens is 893 g/mol. The summed E-state index contributed by atoms with van der Waals surface area (Å²) in [6.45, 7) is 46.0. The Labute approximate surface area is 409 Å². The lowest BCUT2D eigenvalue weighted by Crippen LogP contribution is -2.64. The highest BCUT2D eigenvalue weighted by Crippen LogP contribution is 2.76. The van der Waals surface area contributed by atoms with Crippen LogP contribution in [-0.2, 0) is 37.4 Å². The summed E-state index contributed by atoms with van der Waals surface area (Å²) < 4.78 is 38.5. The highest BCUT2D eigenvalue weighted by molar-refractivity contribution is 6.74. The number of aliphatic hydroxyl groups is 1. The fourth-order valence-corrected chi connectivity index (χ4v) is 19.3. The fraction of sp³-hybridized carbons (Fsp3) is 0.855. The Balaban J connectivity index is 0.000000170. The zero-order valence-electron chi connectivity index (χ0n) is 45.3. The molecule has 20 atom stereocenters. The Morgan fingerprint density at radius 2 is 0.956 bits per heavy atom. The Morgan fingerprint density at radius 3 is 1.35 bits per heavy atom. The van der Waals surface area contributed by atoms with Crippen LogP contribution in [0.4, 0.5) is 9.59 Å². The van der Waals surface area contributed by atoms with E-state index in [1.807, 2.05) is 19.9 Å². The van der Waals surface area contributed by atoms with Gasteiger partial charge in [-0.3, -0.25) is 9.59 Å². The summed E-state index contributed by atoms with van der Waals surface area (Å²) in [5, 5.41) is 11.5. The summed E-state index contributed by atoms with van der Waals surface area (Å²) in [6, 6.07) is 0. The third-order valence-electron chi connectivity index (χ3n) is 22.6. The fourth-order valence-electron chi connectivity index (χ4n) is 16.5. The number of fused-ring (bicyclic) bond motifs is 6. The average Bonchev–Trinajstić information content (AvgIpc) is 3.62. The molecule has 0 aromatic rings. The molecule has 2 aliphatic heterocycles. The van der Waals surface area contributed by atoms with Crippen molar-refractivity contribution in [3.63, 3.8) is 0 Å². The van der Waals surface area contributed by atoms with Gasteiger partial charge in [-0.05, 0) is 115 Å². The van der Waals surface area contributed by atoms with E-state index in [-0.39, 0.29) is 91.8 Å². The van der Waals surface area contributed by atoms with E-state index in [4.69, 9.17) is 27.8 Å². The SMILES string of the molecule is CC1=CC23C(=O)[C@@H]([C@H](O[Si](C)(C)C(C)(C)C)[C@H](C)[C@H]4OC(=O)O[C@]42[C@H]1C)[C@H]1[C@@H](C[C@H]3C)C1(C)C.CC1=CC23C(=O)[C@@H]([C@H](O[Si](C)(C)C(C)(C)C)[C@H](C)[C@H]4OC(=O)O[C@]42[C@H]1O)[C@H]1[C@@H](C[C@H]3C)C1(C)C. The van der Waals surface area contributed by atoms with Crippen molar-refractivity contribution in [1.82, 2.24) is 0 Å². The van der Waals surface area contributed by atoms with Gasteiger partial charge in [-0.1, -0.05) is 122 Å². The molecule has 380 valence electrons. The van der Waals surface area contributed by atoms with Gasteiger partial charge >= 0.3 is 12.3 Å². The smallest absolute Gasteiger partial charge is 0.426 e. The molecule has 2 unspecified atom stereocenters. The van der Waals surface area contributed by atoms with E-state index >= 15 is 4.79 Å². The standard InChI is InChI=1S/C28H44O5Si.C27H42O6Si/c1-14-13-27-15(2)12-18-20(26(18,8)9)19(22(27)29)21(33-34(10,11)25(5,6)7)16(3)23-28(27,17(14)4)32-24(30)31-23;1-13-12-26-14(2)11-16-18(25(16,7)8)17(21(26)29)19(33-34(9,10)24(4,5)6)15(3)22-27(26,20(13)28)32-23(30)31-22/h13,15-21,23H,12H2,1-11H3;12,14-20,22,28H,11H2,1-10H3/t15-,16+,17+,18-,19-,20-,21-,23-,27?,28-;14-,15+,16-,17-,18-,19-,20+,22-,26?,27-/m11/s1. The van der Waals surface area contributed by atoms with Gasteiger partial charge in [0.2, 0.25) is 0 Å². The molecule has 8 aliphatic carbocycles. The van der Waals surface area contributed by atoms with E-state index in [0.29, 0.717) is 17.4 Å². The van der Waals surface area contributed by atoms with Crippen molar-refractivity contribution in [1.29, 1.82) is 0 Å². The molecule has 68 heavy (non-hydrogen) atoms. The van der Waals surface area contributed by atoms with Crippen LogP contribution in [0.3, 0.4) is 0 Å². The predicted molar refractivity (Wildman–Crippen MR) is 264 cm³/mol. The lowest BCUT2D eigenvalue weighted by atomic mass is 9.58. The van der Waals surface area contributed by atoms with E-state index in [2.05, 4.69) is 136 Å². The van der Waals surface area contributed by atoms with Gasteiger partial charge in [0.25, 0.3) is 0 Å². The van der Waals surface area contributed by atoms with Crippen LogP contribution in [0.5, 0.6) is 0 Å². The lowest BCUT2D eigenvalue weighted by Gasteiger charge is -2.47. The molecule has 10 aliphatic rings. The first kappa shape index (κ1) is 50.6. The number of hydrogen-bond donors (Lipinski definition) is 1. The van der Waals surface area contributed by atoms with Crippen LogP contribution in [0.15, 0.2) is 23.3 Å². The molecule has 0 radical (unpaired) electrons. The second-order valence-electron chi connectivity index (χ2n) is 28.4. The molecule has 0 aromatic heterocycles. The molecular formula is C55H86O11Si2. The molecule has 6 saturated carbocycles. The number of ether oxygens (including phenoxy) is 4. The van der Waals surface area contributed by atoms with Gasteiger partial charge in [-0.25, -0.2) is 9.59 Å². The van der Waals surface area contributed by atoms with Gasteiger partial charge in [-0.15, -0.1) is 0 Å². The minimum atomic E-state index is -2.28. The zero-order chi connectivity index (χ0) is 50.8. The molecule has 10 rings (SSSR count). The summed E-state index contributed by atoms with van der Waals surface area (Å²) in [5.41, 5.74) is -2.42. The molecule has 1 N–H and O–H groups in total. The van der Waals surface area contributed by atoms with E-state index in [9.17, 15) is 19.5 Å². The predicted octanol–water partition coefficient (Wildman–Crippen LogP) is 11.5. The summed E-state index contributed by atoms with van der Waals surface area (Å²) in [7, 11) is -4.49. The van der Waals surface area contributed by atoms with E-state index < -0.39 is 75.4 Å². The maximum absolute atomic E-state index is 15.1. The van der Waals surface area contributed by atoms with Crippen molar-refractivity contribution in [3.8, 4) is 0 Å². The minimum absolute atomic E-state index is 0.0104. The molecule has 4 bridgehead atoms. The van der Waals surface area contributed by atoms with Crippen molar-refractivity contribution >= 4 is 40.5 Å². The first-order valence-electron chi connectivity index (χ1n) is 26.2. The van der Waals surface area contributed by atoms with Crippen LogP contribution in [0.1, 0.15) is 131 Å². The van der Waals surface area contributed by atoms with Crippen molar-refractivity contribution in [2.75, 3.05) is 0 Å². The van der Waals surface area contributed by atoms with Crippen molar-refractivity contribution in [3.05, 3.63) is 23.3 Å². The number of ketones is 2. The van der Waals surface area contributed by atoms with Crippen LogP contribution in [0.25, 0.3) is 0 Å². The van der Waals surface area contributed by atoms with Gasteiger partial charge in [0.05, 0.1) is 23.0 Å². The summed E-state index contributed by atoms with van der Waals surface area (Å²) in [4.78, 5) is 55.6. The third kappa shape index (κ3) is 6.03. The molecule has 0 amide bonds. The first-order chi connectivity index (χ1) is 30.9. The van der Waals surface area contributed by atoms with Crippen molar-refractivity contribution in [2.24, 2.45) is 86.8 Å². The zero-order valence-corrected chi connectivity index (χ0v) is 47.3. The lowest BCUT2D eigenvalue weighted by molar-refractivity contribution is -0.163. The van der Waals surface area contributed by atoms with Gasteiger partial charge in [-0.2, -0.15) is 0 Å². The number of Topliss-reactive ketones (excluding diaryl/α,β-unsaturated/α-hetero) is 2. The number of carbonyl (C=O) groups is 4. The molecule has 4 spiro atoms. The Hall–Kier alpha value is -2.33. The first-order valence-corrected chi connectivity index (χ1v) is 32.0. The summed E-state index contributed by atoms with van der Waals surface area (Å²) in [5.74, 6) is 0.589. The van der Waals surface area contributed by atoms with Gasteiger partial charge in [0.1, 0.15) is 6.10 Å². The highest BCUT2D eigenvalue weighted by Gasteiger charge is 2.84. The van der Waals surface area contributed by atoms with Gasteiger partial charge in [0, 0.05) is 29.6 Å². The number of carbonyl (C=O) groups excluding carboxylic acids is 4. The quantitative estimate of drug-likeness (QED) is 0.163. The molecule has 2 heterocycles. The Kier molecular flexibility index (Phi) is 10.9. The number of hydrogen-bond acceptors (Lipinski definition) is 11. The highest BCUT2D eigenvalue weighted by atomic mass is 28.4. The molecule has 13 heteroatoms. The third-order valence-corrected chi connectivity index (χ3v) is 31.5. The van der Waals surface area contributed by atoms with E-state index in [0.717, 1.165) is 18.4 Å². The Morgan fingerprint density at radius 1 is 0.603 bits per heavy atom. The van der Waals surface area contributed by atoms with Crippen LogP contribution in [0.2, 0.25) is 36.3 Å². The molecule has 11 nitrogen and oxygen atoms in total. The Bertz CT molecular complexity index is 2110. The maximum atomic E-state index is 15.1. The van der Waals surface area contributed by atoms with E-state index in [1.165, 1.54) is 0 Å². The van der Waals surface area contributed by atoms with Crippen molar-refractivity contribution < 1.29 is 52.1 Å². The summed E-state index contributed by atoms with van der Waals surface area (Å²) >= 11 is 0. The maximum Gasteiger partial charge on any atom is 0.509 e.